The lowest BCUT2D eigenvalue weighted by Gasteiger charge is -2.28. The van der Waals surface area contributed by atoms with Crippen LogP contribution in [0.5, 0.6) is 0 Å². The van der Waals surface area contributed by atoms with Crippen molar-refractivity contribution in [1.82, 2.24) is 10.6 Å². The molecule has 8 heteroatoms. The van der Waals surface area contributed by atoms with E-state index in [2.05, 4.69) is 16.0 Å². The van der Waals surface area contributed by atoms with E-state index in [9.17, 15) is 14.4 Å². The van der Waals surface area contributed by atoms with Crippen molar-refractivity contribution in [1.29, 1.82) is 0 Å². The Hall–Kier alpha value is -3.39. The summed E-state index contributed by atoms with van der Waals surface area (Å²) >= 11 is 0. The normalized spacial score (nSPS) is 13.6. The smallest absolute Gasteiger partial charge is 0.313 e. The van der Waals surface area contributed by atoms with Crippen LogP contribution in [0.3, 0.4) is 0 Å². The van der Waals surface area contributed by atoms with Gasteiger partial charge in [-0.05, 0) is 49.2 Å². The van der Waals surface area contributed by atoms with Crippen molar-refractivity contribution < 1.29 is 19.1 Å². The average molecular weight is 425 g/mol. The van der Waals surface area contributed by atoms with E-state index < -0.39 is 11.8 Å². The summed E-state index contributed by atoms with van der Waals surface area (Å²) in [7, 11) is 0. The number of anilines is 2. The van der Waals surface area contributed by atoms with E-state index in [1.165, 1.54) is 0 Å². The van der Waals surface area contributed by atoms with E-state index in [0.29, 0.717) is 25.4 Å². The van der Waals surface area contributed by atoms with Crippen LogP contribution in [0.25, 0.3) is 0 Å². The summed E-state index contributed by atoms with van der Waals surface area (Å²) in [5.41, 5.74) is 3.30. The van der Waals surface area contributed by atoms with Crippen LogP contribution in [-0.4, -0.2) is 43.5 Å². The molecule has 0 aliphatic carbocycles. The predicted octanol–water partition coefficient (Wildman–Crippen LogP) is 1.80. The second-order valence-electron chi connectivity index (χ2n) is 7.63. The summed E-state index contributed by atoms with van der Waals surface area (Å²) < 4.78 is 5.59. The number of carbonyl (C=O) groups is 3. The maximum atomic E-state index is 12.2. The minimum atomic E-state index is -0.732. The molecule has 0 aromatic heterocycles. The van der Waals surface area contributed by atoms with Crippen molar-refractivity contribution >= 4 is 29.1 Å². The van der Waals surface area contributed by atoms with E-state index in [0.717, 1.165) is 23.4 Å². The zero-order valence-electron chi connectivity index (χ0n) is 17.8. The first-order chi connectivity index (χ1) is 14.9. The van der Waals surface area contributed by atoms with Crippen molar-refractivity contribution in [3.63, 3.8) is 0 Å². The number of nitrogens with one attached hydrogen (secondary N) is 3. The quantitative estimate of drug-likeness (QED) is 0.589. The van der Waals surface area contributed by atoms with Crippen LogP contribution >= 0.6 is 0 Å². The second kappa shape index (κ2) is 10.6. The zero-order valence-corrected chi connectivity index (χ0v) is 17.8. The van der Waals surface area contributed by atoms with Crippen LogP contribution in [0.4, 0.5) is 11.4 Å². The summed E-state index contributed by atoms with van der Waals surface area (Å²) in [6.45, 7) is 6.33. The van der Waals surface area contributed by atoms with Gasteiger partial charge >= 0.3 is 11.8 Å². The number of hydrogen-bond donors (Lipinski definition) is 3. The molecule has 31 heavy (non-hydrogen) atoms. The highest BCUT2D eigenvalue weighted by Crippen LogP contribution is 2.18. The molecule has 3 amide bonds. The van der Waals surface area contributed by atoms with Crippen LogP contribution in [0.1, 0.15) is 25.0 Å². The van der Waals surface area contributed by atoms with Crippen molar-refractivity contribution in [2.45, 2.75) is 33.1 Å². The number of nitrogens with zero attached hydrogens (tertiary/aromatic N) is 1. The van der Waals surface area contributed by atoms with Gasteiger partial charge in [0.15, 0.2) is 0 Å². The number of benzene rings is 2. The second-order valence-corrected chi connectivity index (χ2v) is 7.63. The Labute approximate surface area is 182 Å². The summed E-state index contributed by atoms with van der Waals surface area (Å²) in [5, 5.41) is 8.01. The summed E-state index contributed by atoms with van der Waals surface area (Å²) in [6, 6.07) is 14.7. The molecule has 1 aliphatic heterocycles. The van der Waals surface area contributed by atoms with Gasteiger partial charge in [0, 0.05) is 31.0 Å². The van der Waals surface area contributed by atoms with Gasteiger partial charge in [-0.3, -0.25) is 14.4 Å². The molecule has 1 heterocycles. The molecule has 0 atom stereocenters. The van der Waals surface area contributed by atoms with Gasteiger partial charge in [0.1, 0.15) is 0 Å². The van der Waals surface area contributed by atoms with Gasteiger partial charge in [-0.2, -0.15) is 0 Å². The highest BCUT2D eigenvalue weighted by atomic mass is 16.5. The maximum absolute atomic E-state index is 12.2. The lowest BCUT2D eigenvalue weighted by molar-refractivity contribution is -0.136. The van der Waals surface area contributed by atoms with Gasteiger partial charge in [-0.1, -0.05) is 24.3 Å². The van der Waals surface area contributed by atoms with Crippen molar-refractivity contribution in [2.24, 2.45) is 0 Å². The van der Waals surface area contributed by atoms with E-state index >= 15 is 0 Å². The third-order valence-electron chi connectivity index (χ3n) is 4.76. The van der Waals surface area contributed by atoms with Crippen molar-refractivity contribution in [3.05, 3.63) is 59.7 Å². The van der Waals surface area contributed by atoms with Crippen molar-refractivity contribution in [2.75, 3.05) is 29.9 Å². The van der Waals surface area contributed by atoms with Crippen LogP contribution < -0.4 is 20.9 Å². The SMILES string of the molecule is CC(C)OCc1cccc(CNC(=O)C(=O)Nc2ccc(N3CCNC(=O)C3)cc2)c1. The first-order valence-electron chi connectivity index (χ1n) is 10.3. The molecular formula is C23H28N4O4. The van der Waals surface area contributed by atoms with Gasteiger partial charge in [-0.15, -0.1) is 0 Å². The van der Waals surface area contributed by atoms with Gasteiger partial charge in [0.2, 0.25) is 5.91 Å². The molecule has 0 saturated carbocycles. The molecule has 3 rings (SSSR count). The molecule has 0 bridgehead atoms. The molecule has 0 unspecified atom stereocenters. The number of hydrogen-bond acceptors (Lipinski definition) is 5. The fraction of sp³-hybridized carbons (Fsp3) is 0.348. The Morgan fingerprint density at radius 2 is 1.84 bits per heavy atom. The topological polar surface area (TPSA) is 99.8 Å². The Kier molecular flexibility index (Phi) is 7.61. The van der Waals surface area contributed by atoms with Crippen LogP contribution in [0.15, 0.2) is 48.5 Å². The summed E-state index contributed by atoms with van der Waals surface area (Å²) in [5.74, 6) is -1.46. The predicted molar refractivity (Wildman–Crippen MR) is 119 cm³/mol. The molecular weight excluding hydrogens is 396 g/mol. The number of amides is 3. The van der Waals surface area contributed by atoms with Crippen molar-refractivity contribution in [3.8, 4) is 0 Å². The van der Waals surface area contributed by atoms with Gasteiger partial charge < -0.3 is 25.6 Å². The number of rotatable bonds is 7. The molecule has 1 fully saturated rings. The molecule has 0 radical (unpaired) electrons. The first-order valence-corrected chi connectivity index (χ1v) is 10.3. The monoisotopic (exact) mass is 424 g/mol. The van der Waals surface area contributed by atoms with Gasteiger partial charge in [0.25, 0.3) is 0 Å². The fourth-order valence-corrected chi connectivity index (χ4v) is 3.16. The molecule has 8 nitrogen and oxygen atoms in total. The van der Waals surface area contributed by atoms with E-state index in [4.69, 9.17) is 4.74 Å². The van der Waals surface area contributed by atoms with Gasteiger partial charge in [0.05, 0.1) is 19.3 Å². The number of piperazine rings is 1. The molecule has 0 spiro atoms. The van der Waals surface area contributed by atoms with Gasteiger partial charge in [-0.25, -0.2) is 0 Å². The molecule has 2 aromatic rings. The lowest BCUT2D eigenvalue weighted by Crippen LogP contribution is -2.47. The van der Waals surface area contributed by atoms with E-state index in [1.807, 2.05) is 55.1 Å². The van der Waals surface area contributed by atoms with Crippen LogP contribution in [0, 0.1) is 0 Å². The highest BCUT2D eigenvalue weighted by molar-refractivity contribution is 6.39. The fourth-order valence-electron chi connectivity index (χ4n) is 3.16. The van der Waals surface area contributed by atoms with Crippen LogP contribution in [0.2, 0.25) is 0 Å². The largest absolute Gasteiger partial charge is 0.374 e. The minimum Gasteiger partial charge on any atom is -0.374 e. The molecule has 1 saturated heterocycles. The molecule has 1 aliphatic rings. The Bertz CT molecular complexity index is 927. The first kappa shape index (κ1) is 22.3. The Morgan fingerprint density at radius 1 is 1.10 bits per heavy atom. The number of ether oxygens (including phenoxy) is 1. The number of carbonyl (C=O) groups excluding carboxylic acids is 3. The third-order valence-corrected chi connectivity index (χ3v) is 4.76. The average Bonchev–Trinajstić information content (AvgIpc) is 2.77. The summed E-state index contributed by atoms with van der Waals surface area (Å²) in [6.07, 6.45) is 0.139. The Balaban J connectivity index is 1.49. The summed E-state index contributed by atoms with van der Waals surface area (Å²) in [4.78, 5) is 37.8. The highest BCUT2D eigenvalue weighted by Gasteiger charge is 2.17. The lowest BCUT2D eigenvalue weighted by atomic mass is 10.1. The van der Waals surface area contributed by atoms with Crippen LogP contribution in [-0.2, 0) is 32.3 Å². The molecule has 2 aromatic carbocycles. The van der Waals surface area contributed by atoms with E-state index in [-0.39, 0.29) is 18.6 Å². The third kappa shape index (κ3) is 6.82. The standard InChI is InChI=1S/C23H28N4O4/c1-16(2)31-15-18-5-3-4-17(12-18)13-25-22(29)23(30)26-19-6-8-20(9-7-19)27-11-10-24-21(28)14-27/h3-9,12,16H,10-11,13-15H2,1-2H3,(H,24,28)(H,25,29)(H,26,30). The zero-order chi connectivity index (χ0) is 22.2. The minimum absolute atomic E-state index is 0.0155. The molecule has 164 valence electrons. The molecule has 3 N–H and O–H groups in total. The Morgan fingerprint density at radius 3 is 2.55 bits per heavy atom. The maximum Gasteiger partial charge on any atom is 0.313 e. The van der Waals surface area contributed by atoms with E-state index in [1.54, 1.807) is 12.1 Å².